The van der Waals surface area contributed by atoms with Crippen molar-refractivity contribution in [1.29, 1.82) is 0 Å². The maximum absolute atomic E-state index is 12.7. The third-order valence-corrected chi connectivity index (χ3v) is 10.3. The molecule has 1 aliphatic heterocycles. The van der Waals surface area contributed by atoms with E-state index < -0.39 is 10.1 Å². The van der Waals surface area contributed by atoms with Crippen LogP contribution in [0.3, 0.4) is 0 Å². The summed E-state index contributed by atoms with van der Waals surface area (Å²) in [6, 6.07) is 7.02. The molecule has 2 bridgehead atoms. The highest BCUT2D eigenvalue weighted by atomic mass is 32.2. The van der Waals surface area contributed by atoms with Crippen LogP contribution in [0.1, 0.15) is 12.0 Å². The average Bonchev–Trinajstić information content (AvgIpc) is 2.98. The highest BCUT2D eigenvalue weighted by molar-refractivity contribution is 8.01. The SMILES string of the molecule is Cc1ccc(S(=O)(=O)O[C@H]2[C@@H]3[C@@H]4S[C@H]5[C@@H]6C[C@@H]([C@H]3[C@H]64)[C@@H]25)cc1. The van der Waals surface area contributed by atoms with Crippen LogP contribution in [0.5, 0.6) is 0 Å². The average molecular weight is 334 g/mol. The first-order valence-corrected chi connectivity index (χ1v) is 10.6. The molecule has 0 aromatic heterocycles. The zero-order valence-electron chi connectivity index (χ0n) is 12.3. The van der Waals surface area contributed by atoms with Crippen LogP contribution in [-0.4, -0.2) is 25.0 Å². The summed E-state index contributed by atoms with van der Waals surface area (Å²) in [6.45, 7) is 1.96. The second-order valence-electron chi connectivity index (χ2n) is 7.77. The second-order valence-corrected chi connectivity index (χ2v) is 10.7. The van der Waals surface area contributed by atoms with E-state index in [1.165, 1.54) is 6.42 Å². The Morgan fingerprint density at radius 1 is 1.00 bits per heavy atom. The van der Waals surface area contributed by atoms with Crippen LogP contribution < -0.4 is 0 Å². The summed E-state index contributed by atoms with van der Waals surface area (Å²) in [7, 11) is -3.62. The van der Waals surface area contributed by atoms with Crippen molar-refractivity contribution in [3.63, 3.8) is 0 Å². The van der Waals surface area contributed by atoms with E-state index in [-0.39, 0.29) is 6.10 Å². The molecule has 0 N–H and O–H groups in total. The lowest BCUT2D eigenvalue weighted by Crippen LogP contribution is -2.49. The van der Waals surface area contributed by atoms with E-state index in [4.69, 9.17) is 4.18 Å². The van der Waals surface area contributed by atoms with Gasteiger partial charge in [0, 0.05) is 22.3 Å². The van der Waals surface area contributed by atoms with E-state index in [2.05, 4.69) is 11.8 Å². The molecule has 0 amide bonds. The highest BCUT2D eigenvalue weighted by Crippen LogP contribution is 2.82. The van der Waals surface area contributed by atoms with Gasteiger partial charge < -0.3 is 0 Å². The molecular weight excluding hydrogens is 316 g/mol. The highest BCUT2D eigenvalue weighted by Gasteiger charge is 2.82. The molecule has 5 aliphatic rings. The molecule has 22 heavy (non-hydrogen) atoms. The molecule has 116 valence electrons. The van der Waals surface area contributed by atoms with Crippen molar-refractivity contribution >= 4 is 21.9 Å². The van der Waals surface area contributed by atoms with Crippen LogP contribution in [0.15, 0.2) is 29.2 Å². The molecule has 1 heterocycles. The number of benzene rings is 1. The number of fused-ring (bicyclic) bond motifs is 2. The standard InChI is InChI=1S/C17H18O3S2/c1-7-2-4-8(5-3-7)22(18,19)20-15-13-9-6-10-12-11(9)14(15)17(12)21-16(10)13/h2-5,9-17H,6H2,1H3/t9-,10+,11-,12-,13-,14+,15+,16-,17+/m0/s1. The lowest BCUT2D eigenvalue weighted by molar-refractivity contribution is 0.0487. The maximum atomic E-state index is 12.7. The number of rotatable bonds is 3. The van der Waals surface area contributed by atoms with Crippen molar-refractivity contribution in [3.8, 4) is 0 Å². The van der Waals surface area contributed by atoms with Crippen LogP contribution in [0.25, 0.3) is 0 Å². The lowest BCUT2D eigenvalue weighted by atomic mass is 9.64. The zero-order chi connectivity index (χ0) is 14.8. The van der Waals surface area contributed by atoms with Crippen LogP contribution >= 0.6 is 11.8 Å². The summed E-state index contributed by atoms with van der Waals surface area (Å²) in [4.78, 5) is 0.309. The van der Waals surface area contributed by atoms with E-state index in [9.17, 15) is 8.42 Å². The van der Waals surface area contributed by atoms with Gasteiger partial charge in [0.25, 0.3) is 10.1 Å². The van der Waals surface area contributed by atoms with E-state index in [0.717, 1.165) is 29.2 Å². The Balaban J connectivity index is 1.35. The molecule has 0 unspecified atom stereocenters. The van der Waals surface area contributed by atoms with Gasteiger partial charge in [-0.15, -0.1) is 0 Å². The quantitative estimate of drug-likeness (QED) is 0.797. The van der Waals surface area contributed by atoms with Crippen LogP contribution in [0.2, 0.25) is 0 Å². The third kappa shape index (κ3) is 1.27. The number of thioether (sulfide) groups is 1. The minimum absolute atomic E-state index is 0.0405. The van der Waals surface area contributed by atoms with E-state index >= 15 is 0 Å². The molecule has 9 atom stereocenters. The first-order valence-electron chi connectivity index (χ1n) is 8.22. The summed E-state index contributed by atoms with van der Waals surface area (Å²) in [5, 5.41) is 1.38. The predicted molar refractivity (Wildman–Crippen MR) is 84.0 cm³/mol. The van der Waals surface area contributed by atoms with Crippen molar-refractivity contribution in [2.75, 3.05) is 0 Å². The van der Waals surface area contributed by atoms with Crippen molar-refractivity contribution in [3.05, 3.63) is 29.8 Å². The van der Waals surface area contributed by atoms with Crippen LogP contribution in [0, 0.1) is 42.4 Å². The Hall–Kier alpha value is -0.520. The van der Waals surface area contributed by atoms with Crippen LogP contribution in [0.4, 0.5) is 0 Å². The van der Waals surface area contributed by atoms with Gasteiger partial charge in [-0.3, -0.25) is 4.18 Å². The van der Waals surface area contributed by atoms with Gasteiger partial charge in [-0.1, -0.05) is 17.7 Å². The fourth-order valence-electron chi connectivity index (χ4n) is 6.51. The second kappa shape index (κ2) is 3.76. The van der Waals surface area contributed by atoms with Crippen molar-refractivity contribution in [2.45, 2.75) is 34.8 Å². The Labute approximate surface area is 134 Å². The molecule has 4 aliphatic carbocycles. The molecule has 0 radical (unpaired) electrons. The first kappa shape index (κ1) is 12.8. The van der Waals surface area contributed by atoms with Crippen molar-refractivity contribution in [2.24, 2.45) is 35.5 Å². The molecule has 1 aromatic rings. The smallest absolute Gasteiger partial charge is 0.262 e. The van der Waals surface area contributed by atoms with E-state index in [0.29, 0.717) is 27.2 Å². The van der Waals surface area contributed by atoms with Crippen molar-refractivity contribution in [1.82, 2.24) is 0 Å². The molecule has 5 heteroatoms. The lowest BCUT2D eigenvalue weighted by Gasteiger charge is -2.46. The molecule has 6 rings (SSSR count). The Morgan fingerprint density at radius 3 is 2.55 bits per heavy atom. The maximum Gasteiger partial charge on any atom is 0.297 e. The molecular formula is C17H18O3S2. The molecule has 3 nitrogen and oxygen atoms in total. The number of hydrogen-bond donors (Lipinski definition) is 0. The van der Waals surface area contributed by atoms with Gasteiger partial charge in [-0.05, 0) is 49.1 Å². The molecule has 0 spiro atoms. The zero-order valence-corrected chi connectivity index (χ0v) is 13.9. The fraction of sp³-hybridized carbons (Fsp3) is 0.647. The monoisotopic (exact) mass is 334 g/mol. The van der Waals surface area contributed by atoms with Gasteiger partial charge >= 0.3 is 0 Å². The summed E-state index contributed by atoms with van der Waals surface area (Å²) in [5.74, 6) is 4.33. The molecule has 4 saturated carbocycles. The Kier molecular flexibility index (Phi) is 2.19. The topological polar surface area (TPSA) is 43.4 Å². The molecule has 1 aromatic carbocycles. The summed E-state index contributed by atoms with van der Waals surface area (Å²) in [5.41, 5.74) is 1.07. The van der Waals surface area contributed by atoms with E-state index in [1.807, 2.05) is 19.1 Å². The minimum Gasteiger partial charge on any atom is -0.262 e. The van der Waals surface area contributed by atoms with Gasteiger partial charge in [0.2, 0.25) is 0 Å². The van der Waals surface area contributed by atoms with Gasteiger partial charge in [-0.25, -0.2) is 0 Å². The Bertz CT molecular complexity index is 766. The largest absolute Gasteiger partial charge is 0.297 e. The number of aryl methyl sites for hydroxylation is 1. The summed E-state index contributed by atoms with van der Waals surface area (Å²) >= 11 is 2.16. The normalized spacial score (nSPS) is 52.5. The summed E-state index contributed by atoms with van der Waals surface area (Å²) < 4.78 is 31.2. The van der Waals surface area contributed by atoms with Gasteiger partial charge in [-0.2, -0.15) is 20.2 Å². The molecule has 5 fully saturated rings. The van der Waals surface area contributed by atoms with Crippen molar-refractivity contribution < 1.29 is 12.6 Å². The van der Waals surface area contributed by atoms with Gasteiger partial charge in [0.05, 0.1) is 11.0 Å². The fourth-order valence-corrected chi connectivity index (χ4v) is 10.1. The molecule has 1 saturated heterocycles. The van der Waals surface area contributed by atoms with Gasteiger partial charge in [0.1, 0.15) is 0 Å². The number of hydrogen-bond acceptors (Lipinski definition) is 4. The minimum atomic E-state index is -3.62. The summed E-state index contributed by atoms with van der Waals surface area (Å²) in [6.07, 6.45) is 1.30. The van der Waals surface area contributed by atoms with Crippen LogP contribution in [-0.2, 0) is 14.3 Å². The van der Waals surface area contributed by atoms with E-state index in [1.54, 1.807) is 12.1 Å². The first-order chi connectivity index (χ1) is 10.6. The third-order valence-electron chi connectivity index (χ3n) is 7.10. The Morgan fingerprint density at radius 2 is 1.77 bits per heavy atom. The van der Waals surface area contributed by atoms with Gasteiger partial charge in [0.15, 0.2) is 0 Å². The predicted octanol–water partition coefficient (Wildman–Crippen LogP) is 2.69.